The van der Waals surface area contributed by atoms with Gasteiger partial charge >= 0.3 is 0 Å². The number of thioether (sulfide) groups is 1. The number of hydrogen-bond donors (Lipinski definition) is 1. The summed E-state index contributed by atoms with van der Waals surface area (Å²) >= 11 is 2.24. The molecule has 0 unspecified atom stereocenters. The summed E-state index contributed by atoms with van der Waals surface area (Å²) in [6.07, 6.45) is 2.64. The van der Waals surface area contributed by atoms with Crippen molar-refractivity contribution in [3.8, 4) is 0 Å². The van der Waals surface area contributed by atoms with Crippen LogP contribution in [0.2, 0.25) is 0 Å². The molecule has 3 aromatic rings. The second kappa shape index (κ2) is 9.40. The number of aromatic nitrogens is 1. The molecule has 158 valence electrons. The van der Waals surface area contributed by atoms with Crippen LogP contribution in [0.4, 0.5) is 14.3 Å². The molecule has 9 heteroatoms. The molecule has 1 aliphatic rings. The van der Waals surface area contributed by atoms with Gasteiger partial charge in [0.15, 0.2) is 5.13 Å². The molecule has 3 amide bonds. The maximum Gasteiger partial charge on any atom is 0.289 e. The number of amides is 3. The van der Waals surface area contributed by atoms with Crippen molar-refractivity contribution in [1.82, 2.24) is 9.88 Å². The van der Waals surface area contributed by atoms with Crippen LogP contribution >= 0.6 is 23.1 Å². The van der Waals surface area contributed by atoms with Crippen LogP contribution < -0.4 is 5.32 Å². The van der Waals surface area contributed by atoms with Crippen molar-refractivity contribution >= 4 is 45.3 Å². The lowest BCUT2D eigenvalue weighted by molar-refractivity contribution is -0.130. The van der Waals surface area contributed by atoms with E-state index in [9.17, 15) is 18.8 Å². The minimum Gasteiger partial charge on any atom is -0.300 e. The SMILES string of the molecule is O=C(CN1C(=O)S[C@@H](Cc2ccccc2)C1=O)Nc1ncc(Cc2ccc(F)cc2)s1. The van der Waals surface area contributed by atoms with Crippen molar-refractivity contribution in [1.29, 1.82) is 0 Å². The van der Waals surface area contributed by atoms with Crippen LogP contribution in [0, 0.1) is 5.82 Å². The predicted octanol–water partition coefficient (Wildman–Crippen LogP) is 4.12. The van der Waals surface area contributed by atoms with Crippen molar-refractivity contribution in [2.45, 2.75) is 18.1 Å². The average Bonchev–Trinajstić information content (AvgIpc) is 3.29. The summed E-state index contributed by atoms with van der Waals surface area (Å²) in [6, 6.07) is 15.6. The first-order chi connectivity index (χ1) is 15.0. The van der Waals surface area contributed by atoms with E-state index in [2.05, 4.69) is 10.3 Å². The highest BCUT2D eigenvalue weighted by Gasteiger charge is 2.40. The van der Waals surface area contributed by atoms with Gasteiger partial charge in [-0.2, -0.15) is 0 Å². The van der Waals surface area contributed by atoms with Gasteiger partial charge in [0.2, 0.25) is 11.8 Å². The Morgan fingerprint density at radius 1 is 1.06 bits per heavy atom. The minimum absolute atomic E-state index is 0.295. The normalized spacial score (nSPS) is 16.0. The fraction of sp³-hybridized carbons (Fsp3) is 0.182. The van der Waals surface area contributed by atoms with E-state index in [4.69, 9.17) is 0 Å². The molecule has 1 atom stereocenters. The van der Waals surface area contributed by atoms with Crippen molar-refractivity contribution in [2.75, 3.05) is 11.9 Å². The van der Waals surface area contributed by atoms with Crippen LogP contribution in [-0.2, 0) is 22.4 Å². The van der Waals surface area contributed by atoms with Crippen molar-refractivity contribution in [2.24, 2.45) is 0 Å². The zero-order valence-electron chi connectivity index (χ0n) is 16.3. The van der Waals surface area contributed by atoms with Gasteiger partial charge in [-0.3, -0.25) is 19.3 Å². The number of rotatable bonds is 7. The molecule has 1 N–H and O–H groups in total. The fourth-order valence-electron chi connectivity index (χ4n) is 3.15. The van der Waals surface area contributed by atoms with E-state index in [1.165, 1.54) is 23.5 Å². The van der Waals surface area contributed by atoms with Gasteiger partial charge in [0.25, 0.3) is 5.24 Å². The first-order valence-electron chi connectivity index (χ1n) is 9.53. The van der Waals surface area contributed by atoms with Crippen LogP contribution in [0.3, 0.4) is 0 Å². The topological polar surface area (TPSA) is 79.4 Å². The number of carbonyl (C=O) groups is 3. The zero-order valence-corrected chi connectivity index (χ0v) is 17.9. The molecule has 6 nitrogen and oxygen atoms in total. The van der Waals surface area contributed by atoms with E-state index in [1.807, 2.05) is 30.3 Å². The molecule has 2 aromatic carbocycles. The number of halogens is 1. The molecule has 0 radical (unpaired) electrons. The summed E-state index contributed by atoms with van der Waals surface area (Å²) in [6.45, 7) is -0.344. The third-order valence-electron chi connectivity index (χ3n) is 4.66. The summed E-state index contributed by atoms with van der Waals surface area (Å²) in [7, 11) is 0. The smallest absolute Gasteiger partial charge is 0.289 e. The van der Waals surface area contributed by atoms with Gasteiger partial charge in [0, 0.05) is 17.5 Å². The van der Waals surface area contributed by atoms with Crippen LogP contribution in [0.25, 0.3) is 0 Å². The summed E-state index contributed by atoms with van der Waals surface area (Å²) in [4.78, 5) is 43.3. The Labute approximate surface area is 186 Å². The monoisotopic (exact) mass is 455 g/mol. The highest BCUT2D eigenvalue weighted by molar-refractivity contribution is 8.15. The van der Waals surface area contributed by atoms with E-state index in [0.717, 1.165) is 32.7 Å². The van der Waals surface area contributed by atoms with Gasteiger partial charge in [-0.15, -0.1) is 11.3 Å². The molecule has 1 aliphatic heterocycles. The van der Waals surface area contributed by atoms with Gasteiger partial charge in [-0.05, 0) is 29.7 Å². The molecule has 2 heterocycles. The van der Waals surface area contributed by atoms with E-state index in [0.29, 0.717) is 18.0 Å². The van der Waals surface area contributed by atoms with E-state index >= 15 is 0 Å². The quantitative estimate of drug-likeness (QED) is 0.580. The van der Waals surface area contributed by atoms with Gasteiger partial charge in [0.1, 0.15) is 12.4 Å². The summed E-state index contributed by atoms with van der Waals surface area (Å²) in [5, 5.41) is 2.08. The molecular formula is C22H18FN3O3S2. The number of hydrogen-bond acceptors (Lipinski definition) is 6. The van der Waals surface area contributed by atoms with E-state index < -0.39 is 16.4 Å². The lowest BCUT2D eigenvalue weighted by atomic mass is 10.1. The summed E-state index contributed by atoms with van der Waals surface area (Å²) in [5.74, 6) is -1.13. The Bertz CT molecular complexity index is 1100. The third kappa shape index (κ3) is 5.36. The van der Waals surface area contributed by atoms with Crippen molar-refractivity contribution in [3.05, 3.63) is 82.6 Å². The van der Waals surface area contributed by atoms with Gasteiger partial charge < -0.3 is 5.32 Å². The van der Waals surface area contributed by atoms with Gasteiger partial charge in [-0.25, -0.2) is 9.37 Å². The maximum atomic E-state index is 13.0. The number of anilines is 1. The molecule has 31 heavy (non-hydrogen) atoms. The van der Waals surface area contributed by atoms with E-state index in [-0.39, 0.29) is 18.3 Å². The van der Waals surface area contributed by atoms with Crippen molar-refractivity contribution in [3.63, 3.8) is 0 Å². The Morgan fingerprint density at radius 3 is 2.55 bits per heavy atom. The minimum atomic E-state index is -0.523. The highest BCUT2D eigenvalue weighted by Crippen LogP contribution is 2.29. The number of nitrogens with one attached hydrogen (secondary N) is 1. The molecule has 1 fully saturated rings. The Morgan fingerprint density at radius 2 is 1.81 bits per heavy atom. The highest BCUT2D eigenvalue weighted by atomic mass is 32.2. The van der Waals surface area contributed by atoms with Crippen LogP contribution in [-0.4, -0.2) is 38.7 Å². The largest absolute Gasteiger partial charge is 0.300 e. The van der Waals surface area contributed by atoms with Crippen LogP contribution in [0.5, 0.6) is 0 Å². The Hall–Kier alpha value is -3.04. The first-order valence-corrected chi connectivity index (χ1v) is 11.2. The molecule has 0 saturated carbocycles. The average molecular weight is 456 g/mol. The molecule has 4 rings (SSSR count). The predicted molar refractivity (Wildman–Crippen MR) is 119 cm³/mol. The molecule has 0 bridgehead atoms. The lowest BCUT2D eigenvalue weighted by Crippen LogP contribution is -2.38. The van der Waals surface area contributed by atoms with Crippen molar-refractivity contribution < 1.29 is 18.8 Å². The summed E-state index contributed by atoms with van der Waals surface area (Å²) in [5.41, 5.74) is 1.89. The number of thiazole rings is 1. The first kappa shape index (κ1) is 21.2. The zero-order chi connectivity index (χ0) is 21.8. The maximum absolute atomic E-state index is 13.0. The van der Waals surface area contributed by atoms with Crippen LogP contribution in [0.1, 0.15) is 16.0 Å². The van der Waals surface area contributed by atoms with Gasteiger partial charge in [0.05, 0.1) is 5.25 Å². The summed E-state index contributed by atoms with van der Waals surface area (Å²) < 4.78 is 13.0. The molecule has 1 saturated heterocycles. The number of carbonyl (C=O) groups excluding carboxylic acids is 3. The Balaban J connectivity index is 1.32. The second-order valence-electron chi connectivity index (χ2n) is 6.97. The van der Waals surface area contributed by atoms with Crippen LogP contribution in [0.15, 0.2) is 60.8 Å². The fourth-order valence-corrected chi connectivity index (χ4v) is 5.04. The molecule has 0 aliphatic carbocycles. The van der Waals surface area contributed by atoms with Gasteiger partial charge in [-0.1, -0.05) is 54.2 Å². The standard InChI is InChI=1S/C22H18FN3O3S2/c23-16-8-6-15(7-9-16)10-17-12-24-21(30-17)25-19(27)13-26-20(28)18(31-22(26)29)11-14-4-2-1-3-5-14/h1-9,12,18H,10-11,13H2,(H,24,25,27)/t18-/m0/s1. The lowest BCUT2D eigenvalue weighted by Gasteiger charge is -2.13. The third-order valence-corrected chi connectivity index (χ3v) is 6.65. The number of nitrogens with zero attached hydrogens (tertiary/aromatic N) is 2. The molecular weight excluding hydrogens is 437 g/mol. The second-order valence-corrected chi connectivity index (χ2v) is 9.24. The molecule has 0 spiro atoms. The van der Waals surface area contributed by atoms with E-state index in [1.54, 1.807) is 18.3 Å². The molecule has 1 aromatic heterocycles. The number of benzene rings is 2. The number of imide groups is 1. The Kier molecular flexibility index (Phi) is 6.43.